The maximum absolute atomic E-state index is 13.3. The second kappa shape index (κ2) is 6.68. The van der Waals surface area contributed by atoms with E-state index in [0.29, 0.717) is 11.6 Å². The van der Waals surface area contributed by atoms with Crippen LogP contribution in [0.25, 0.3) is 0 Å². The monoisotopic (exact) mass is 344 g/mol. The zero-order chi connectivity index (χ0) is 17.3. The quantitative estimate of drug-likeness (QED) is 0.625. The van der Waals surface area contributed by atoms with Gasteiger partial charge in [0.05, 0.1) is 5.69 Å². The maximum Gasteiger partial charge on any atom is 0.251 e. The van der Waals surface area contributed by atoms with Crippen LogP contribution in [0.4, 0.5) is 14.7 Å². The highest BCUT2D eigenvalue weighted by Gasteiger charge is 2.34. The van der Waals surface area contributed by atoms with Gasteiger partial charge in [0, 0.05) is 31.6 Å². The van der Waals surface area contributed by atoms with Gasteiger partial charge in [0.15, 0.2) is 0 Å². The summed E-state index contributed by atoms with van der Waals surface area (Å²) in [6.07, 6.45) is 1.07. The molecule has 23 heavy (non-hydrogen) atoms. The van der Waals surface area contributed by atoms with Crippen molar-refractivity contribution in [2.75, 3.05) is 18.0 Å². The molecule has 1 atom stereocenters. The minimum atomic E-state index is -2.60. The van der Waals surface area contributed by atoms with E-state index in [0.717, 1.165) is 5.69 Å². The minimum Gasteiger partial charge on any atom is -0.591 e. The van der Waals surface area contributed by atoms with E-state index in [-0.39, 0.29) is 25.9 Å². The molecule has 1 aromatic heterocycles. The van der Waals surface area contributed by atoms with Crippen LogP contribution < -0.4 is 4.90 Å². The van der Waals surface area contributed by atoms with Crippen molar-refractivity contribution in [3.63, 3.8) is 0 Å². The van der Waals surface area contributed by atoms with Crippen molar-refractivity contribution in [3.05, 3.63) is 17.5 Å². The van der Waals surface area contributed by atoms with E-state index in [1.54, 1.807) is 11.0 Å². The van der Waals surface area contributed by atoms with E-state index >= 15 is 0 Å². The van der Waals surface area contributed by atoms with E-state index in [4.69, 9.17) is 0 Å². The fourth-order valence-corrected chi connectivity index (χ4v) is 2.60. The summed E-state index contributed by atoms with van der Waals surface area (Å²) in [4.78, 5) is 10.4. The van der Waals surface area contributed by atoms with Gasteiger partial charge < -0.3 is 9.45 Å². The smallest absolute Gasteiger partial charge is 0.251 e. The van der Waals surface area contributed by atoms with Gasteiger partial charge in [-0.1, -0.05) is 4.40 Å². The first-order valence-corrected chi connectivity index (χ1v) is 8.62. The van der Waals surface area contributed by atoms with Gasteiger partial charge in [-0.15, -0.1) is 0 Å². The molecule has 2 heterocycles. The van der Waals surface area contributed by atoms with Gasteiger partial charge in [-0.3, -0.25) is 0 Å². The summed E-state index contributed by atoms with van der Waals surface area (Å²) >= 11 is -1.37. The van der Waals surface area contributed by atoms with Crippen LogP contribution in [0.15, 0.2) is 10.5 Å². The Kier molecular flexibility index (Phi) is 5.25. The number of hydrogen-bond acceptors (Lipinski definition) is 5. The van der Waals surface area contributed by atoms with Crippen LogP contribution in [0.5, 0.6) is 0 Å². The molecule has 0 spiro atoms. The lowest BCUT2D eigenvalue weighted by molar-refractivity contribution is -0.0222. The summed E-state index contributed by atoms with van der Waals surface area (Å²) in [5, 5.41) is 0. The van der Waals surface area contributed by atoms with Gasteiger partial charge in [0.1, 0.15) is 22.3 Å². The van der Waals surface area contributed by atoms with Crippen molar-refractivity contribution in [3.8, 4) is 0 Å². The average molecular weight is 344 g/mol. The summed E-state index contributed by atoms with van der Waals surface area (Å²) in [5.74, 6) is -2.18. The molecular formula is C15H22F2N4OS. The maximum atomic E-state index is 13.3. The fraction of sp³-hybridized carbons (Fsp3) is 0.667. The van der Waals surface area contributed by atoms with Crippen molar-refractivity contribution in [2.45, 2.75) is 51.2 Å². The molecule has 128 valence electrons. The lowest BCUT2D eigenvalue weighted by Gasteiger charge is -2.31. The normalized spacial score (nSPS) is 20.0. The predicted octanol–water partition coefficient (Wildman–Crippen LogP) is 2.90. The van der Waals surface area contributed by atoms with E-state index in [1.165, 1.54) is 6.21 Å². The molecule has 0 saturated carbocycles. The van der Waals surface area contributed by atoms with E-state index < -0.39 is 22.0 Å². The van der Waals surface area contributed by atoms with Crippen LogP contribution in [0.1, 0.15) is 45.0 Å². The lowest BCUT2D eigenvalue weighted by Crippen LogP contribution is -2.40. The number of aryl methyl sites for hydroxylation is 1. The summed E-state index contributed by atoms with van der Waals surface area (Å²) < 4.78 is 42.0. The van der Waals surface area contributed by atoms with Gasteiger partial charge in [0.25, 0.3) is 5.92 Å². The Hall–Kier alpha value is -1.28. The molecule has 0 amide bonds. The van der Waals surface area contributed by atoms with Crippen LogP contribution in [-0.4, -0.2) is 44.5 Å². The number of hydrogen-bond donors (Lipinski definition) is 0. The number of piperidine rings is 1. The first kappa shape index (κ1) is 18.1. The molecular weight excluding hydrogens is 322 g/mol. The molecule has 0 radical (unpaired) electrons. The Bertz CT molecular complexity index is 579. The summed E-state index contributed by atoms with van der Waals surface area (Å²) in [5.41, 5.74) is 1.25. The van der Waals surface area contributed by atoms with Crippen LogP contribution in [0.2, 0.25) is 0 Å². The Balaban J connectivity index is 2.15. The van der Waals surface area contributed by atoms with Gasteiger partial charge >= 0.3 is 0 Å². The van der Waals surface area contributed by atoms with Gasteiger partial charge in [0.2, 0.25) is 5.95 Å². The van der Waals surface area contributed by atoms with Gasteiger partial charge in [-0.05, 0) is 33.8 Å². The summed E-state index contributed by atoms with van der Waals surface area (Å²) in [6, 6.07) is 1.73. The predicted molar refractivity (Wildman–Crippen MR) is 88.7 cm³/mol. The minimum absolute atomic E-state index is 0.193. The van der Waals surface area contributed by atoms with Crippen LogP contribution in [0.3, 0.4) is 0 Å². The second-order valence-electron chi connectivity index (χ2n) is 6.67. The zero-order valence-corrected chi connectivity index (χ0v) is 14.7. The highest BCUT2D eigenvalue weighted by atomic mass is 32.2. The Morgan fingerprint density at radius 1 is 1.30 bits per heavy atom. The lowest BCUT2D eigenvalue weighted by atomic mass is 10.1. The van der Waals surface area contributed by atoms with Crippen LogP contribution in [-0.2, 0) is 11.4 Å². The summed E-state index contributed by atoms with van der Waals surface area (Å²) in [6.45, 7) is 7.77. The Morgan fingerprint density at radius 2 is 1.91 bits per heavy atom. The fourth-order valence-electron chi connectivity index (χ4n) is 2.08. The molecule has 0 N–H and O–H groups in total. The molecule has 1 aliphatic heterocycles. The zero-order valence-electron chi connectivity index (χ0n) is 13.8. The molecule has 1 unspecified atom stereocenters. The third kappa shape index (κ3) is 5.10. The van der Waals surface area contributed by atoms with Crippen molar-refractivity contribution in [1.29, 1.82) is 0 Å². The number of rotatable bonds is 3. The Morgan fingerprint density at radius 3 is 2.48 bits per heavy atom. The second-order valence-corrected chi connectivity index (χ2v) is 8.61. The van der Waals surface area contributed by atoms with Crippen molar-refractivity contribution in [2.24, 2.45) is 4.40 Å². The molecule has 1 aliphatic rings. The van der Waals surface area contributed by atoms with E-state index in [1.807, 2.05) is 27.7 Å². The Labute approximate surface area is 138 Å². The number of aromatic nitrogens is 2. The van der Waals surface area contributed by atoms with Crippen molar-refractivity contribution >= 4 is 23.5 Å². The third-order valence-electron chi connectivity index (χ3n) is 3.44. The highest BCUT2D eigenvalue weighted by molar-refractivity contribution is 7.91. The van der Waals surface area contributed by atoms with E-state index in [2.05, 4.69) is 14.4 Å². The topological polar surface area (TPSA) is 64.4 Å². The first-order chi connectivity index (χ1) is 10.6. The van der Waals surface area contributed by atoms with Gasteiger partial charge in [-0.25, -0.2) is 18.7 Å². The number of nitrogens with zero attached hydrogens (tertiary/aromatic N) is 4. The molecule has 5 nitrogen and oxygen atoms in total. The number of alkyl halides is 2. The molecule has 8 heteroatoms. The molecule has 2 rings (SSSR count). The largest absolute Gasteiger partial charge is 0.591 e. The number of halogens is 2. The van der Waals surface area contributed by atoms with Crippen molar-refractivity contribution < 1.29 is 13.3 Å². The van der Waals surface area contributed by atoms with Crippen LogP contribution >= 0.6 is 0 Å². The average Bonchev–Trinajstić information content (AvgIpc) is 2.43. The third-order valence-corrected chi connectivity index (χ3v) is 4.79. The molecule has 1 fully saturated rings. The molecule has 1 aromatic rings. The standard InChI is InChI=1S/C15H22F2N4OS/c1-11-9-12(10-18-23(22)14(2,3)4)20-13(19-11)21-7-5-15(16,17)6-8-21/h9-10H,5-8H2,1-4H3. The highest BCUT2D eigenvalue weighted by Crippen LogP contribution is 2.29. The SMILES string of the molecule is Cc1cc(C=N[S+]([O-])C(C)(C)C)nc(N2CCC(F)(F)CC2)n1. The first-order valence-electron chi connectivity index (χ1n) is 7.51. The molecule has 0 bridgehead atoms. The van der Waals surface area contributed by atoms with Crippen LogP contribution in [0, 0.1) is 6.92 Å². The molecule has 1 saturated heterocycles. The van der Waals surface area contributed by atoms with E-state index in [9.17, 15) is 13.3 Å². The molecule has 0 aromatic carbocycles. The number of anilines is 1. The van der Waals surface area contributed by atoms with Gasteiger partial charge in [-0.2, -0.15) is 0 Å². The van der Waals surface area contributed by atoms with Crippen molar-refractivity contribution in [1.82, 2.24) is 9.97 Å². The molecule has 0 aliphatic carbocycles. The summed E-state index contributed by atoms with van der Waals surface area (Å²) in [7, 11) is 0.